The molecule has 0 aliphatic heterocycles. The second-order valence-corrected chi connectivity index (χ2v) is 5.48. The monoisotopic (exact) mass is 298 g/mol. The molecule has 0 spiro atoms. The van der Waals surface area contributed by atoms with E-state index in [1.54, 1.807) is 0 Å². The van der Waals surface area contributed by atoms with Crippen LogP contribution in [0.4, 0.5) is 0 Å². The Morgan fingerprint density at radius 3 is 2.00 bits per heavy atom. The third kappa shape index (κ3) is 3.30. The lowest BCUT2D eigenvalue weighted by molar-refractivity contribution is 0.345. The summed E-state index contributed by atoms with van der Waals surface area (Å²) < 4.78 is 1.20. The molecule has 1 atom stereocenters. The minimum absolute atomic E-state index is 0.246. The molecule has 0 aromatic heterocycles. The van der Waals surface area contributed by atoms with E-state index in [9.17, 15) is 0 Å². The number of halogens is 1. The molecule has 3 heteroatoms. The molecule has 1 unspecified atom stereocenters. The minimum atomic E-state index is 0.246. The molecule has 1 aromatic rings. The van der Waals surface area contributed by atoms with Gasteiger partial charge in [-0.05, 0) is 36.5 Å². The van der Waals surface area contributed by atoms with Crippen molar-refractivity contribution in [3.05, 3.63) is 33.3 Å². The highest BCUT2D eigenvalue weighted by Gasteiger charge is 2.20. The SMILES string of the molecule is CCC(CC)C(NN)c1cc(C)c(Br)c(C)c1. The van der Waals surface area contributed by atoms with Crippen LogP contribution in [-0.4, -0.2) is 0 Å². The molecule has 1 rings (SSSR count). The third-order valence-electron chi connectivity index (χ3n) is 3.52. The van der Waals surface area contributed by atoms with Crippen molar-refractivity contribution in [1.29, 1.82) is 0 Å². The van der Waals surface area contributed by atoms with Gasteiger partial charge in [0.05, 0.1) is 0 Å². The summed E-state index contributed by atoms with van der Waals surface area (Å²) in [4.78, 5) is 0. The maximum Gasteiger partial charge on any atom is 0.0488 e. The number of hydrogen-bond donors (Lipinski definition) is 2. The van der Waals surface area contributed by atoms with E-state index >= 15 is 0 Å². The Hall–Kier alpha value is -0.380. The van der Waals surface area contributed by atoms with Crippen LogP contribution in [0.15, 0.2) is 16.6 Å². The number of hydrazine groups is 1. The van der Waals surface area contributed by atoms with Gasteiger partial charge >= 0.3 is 0 Å². The number of rotatable bonds is 5. The van der Waals surface area contributed by atoms with Gasteiger partial charge in [-0.15, -0.1) is 0 Å². The van der Waals surface area contributed by atoms with Crippen LogP contribution in [0, 0.1) is 19.8 Å². The smallest absolute Gasteiger partial charge is 0.0488 e. The van der Waals surface area contributed by atoms with E-state index in [4.69, 9.17) is 5.84 Å². The molecule has 0 saturated heterocycles. The Bertz CT molecular complexity index is 349. The zero-order valence-electron chi connectivity index (χ0n) is 11.2. The summed E-state index contributed by atoms with van der Waals surface area (Å²) in [7, 11) is 0. The van der Waals surface area contributed by atoms with Crippen LogP contribution in [0.5, 0.6) is 0 Å². The van der Waals surface area contributed by atoms with E-state index in [1.807, 2.05) is 0 Å². The van der Waals surface area contributed by atoms with Crippen molar-refractivity contribution in [2.45, 2.75) is 46.6 Å². The van der Waals surface area contributed by atoms with Crippen molar-refractivity contribution in [2.75, 3.05) is 0 Å². The van der Waals surface area contributed by atoms with Gasteiger partial charge in [0.25, 0.3) is 0 Å². The second kappa shape index (κ2) is 6.53. The van der Waals surface area contributed by atoms with Gasteiger partial charge in [-0.1, -0.05) is 54.8 Å². The van der Waals surface area contributed by atoms with E-state index in [0.29, 0.717) is 5.92 Å². The number of hydrogen-bond acceptors (Lipinski definition) is 2. The molecule has 0 amide bonds. The summed E-state index contributed by atoms with van der Waals surface area (Å²) in [6.07, 6.45) is 2.28. The fourth-order valence-corrected chi connectivity index (χ4v) is 2.65. The molecular weight excluding hydrogens is 276 g/mol. The van der Waals surface area contributed by atoms with E-state index in [-0.39, 0.29) is 6.04 Å². The Kier molecular flexibility index (Phi) is 5.63. The lowest BCUT2D eigenvalue weighted by atomic mass is 9.88. The third-order valence-corrected chi connectivity index (χ3v) is 4.77. The molecule has 0 radical (unpaired) electrons. The Morgan fingerprint density at radius 2 is 1.65 bits per heavy atom. The van der Waals surface area contributed by atoms with Gasteiger partial charge in [0.15, 0.2) is 0 Å². The molecule has 96 valence electrons. The first-order valence-corrected chi connectivity index (χ1v) is 7.07. The molecule has 0 saturated carbocycles. The summed E-state index contributed by atoms with van der Waals surface area (Å²) in [5, 5.41) is 0. The van der Waals surface area contributed by atoms with Crippen molar-refractivity contribution < 1.29 is 0 Å². The summed E-state index contributed by atoms with van der Waals surface area (Å²) in [6, 6.07) is 4.69. The van der Waals surface area contributed by atoms with Crippen LogP contribution in [0.3, 0.4) is 0 Å². The van der Waals surface area contributed by atoms with Gasteiger partial charge in [0.2, 0.25) is 0 Å². The number of nitrogens with one attached hydrogen (secondary N) is 1. The molecule has 0 heterocycles. The predicted octanol–water partition coefficient (Wildman–Crippen LogP) is 4.01. The molecule has 1 aromatic carbocycles. The number of nitrogens with two attached hydrogens (primary N) is 1. The van der Waals surface area contributed by atoms with Gasteiger partial charge in [0.1, 0.15) is 0 Å². The van der Waals surface area contributed by atoms with Gasteiger partial charge in [0, 0.05) is 10.5 Å². The fraction of sp³-hybridized carbons (Fsp3) is 0.571. The van der Waals surface area contributed by atoms with E-state index < -0.39 is 0 Å². The van der Waals surface area contributed by atoms with Gasteiger partial charge < -0.3 is 0 Å². The Balaban J connectivity index is 3.12. The molecule has 0 bridgehead atoms. The van der Waals surface area contributed by atoms with E-state index in [0.717, 1.165) is 12.8 Å². The standard InChI is InChI=1S/C14H23BrN2/c1-5-11(6-2)14(17-16)12-7-9(3)13(15)10(4)8-12/h7-8,11,14,17H,5-6,16H2,1-4H3. The summed E-state index contributed by atoms with van der Waals surface area (Å²) in [5.41, 5.74) is 6.81. The average molecular weight is 299 g/mol. The van der Waals surface area contributed by atoms with Crippen molar-refractivity contribution in [1.82, 2.24) is 5.43 Å². The van der Waals surface area contributed by atoms with Crippen molar-refractivity contribution in [3.8, 4) is 0 Å². The average Bonchev–Trinajstić information content (AvgIpc) is 2.32. The van der Waals surface area contributed by atoms with Crippen LogP contribution in [0.2, 0.25) is 0 Å². The largest absolute Gasteiger partial charge is 0.271 e. The van der Waals surface area contributed by atoms with Crippen LogP contribution in [0.1, 0.15) is 49.4 Å². The molecule has 0 aliphatic carbocycles. The topological polar surface area (TPSA) is 38.0 Å². The minimum Gasteiger partial charge on any atom is -0.271 e. The maximum absolute atomic E-state index is 5.73. The lowest BCUT2D eigenvalue weighted by Crippen LogP contribution is -2.33. The number of benzene rings is 1. The molecule has 0 aliphatic rings. The molecule has 3 N–H and O–H groups in total. The van der Waals surface area contributed by atoms with E-state index in [2.05, 4.69) is 61.2 Å². The zero-order chi connectivity index (χ0) is 13.0. The van der Waals surface area contributed by atoms with Crippen LogP contribution < -0.4 is 11.3 Å². The molecule has 17 heavy (non-hydrogen) atoms. The first-order valence-electron chi connectivity index (χ1n) is 6.27. The number of aryl methyl sites for hydroxylation is 2. The first kappa shape index (κ1) is 14.7. The molecular formula is C14H23BrN2. The highest BCUT2D eigenvalue weighted by atomic mass is 79.9. The quantitative estimate of drug-likeness (QED) is 0.637. The molecule has 0 fully saturated rings. The second-order valence-electron chi connectivity index (χ2n) is 4.69. The first-order chi connectivity index (χ1) is 8.04. The highest BCUT2D eigenvalue weighted by Crippen LogP contribution is 2.31. The molecule has 2 nitrogen and oxygen atoms in total. The summed E-state index contributed by atoms with van der Waals surface area (Å²) in [6.45, 7) is 8.69. The summed E-state index contributed by atoms with van der Waals surface area (Å²) >= 11 is 3.60. The van der Waals surface area contributed by atoms with Crippen LogP contribution >= 0.6 is 15.9 Å². The highest BCUT2D eigenvalue weighted by molar-refractivity contribution is 9.10. The van der Waals surface area contributed by atoms with Gasteiger partial charge in [-0.25, -0.2) is 0 Å². The van der Waals surface area contributed by atoms with Crippen LogP contribution in [-0.2, 0) is 0 Å². The van der Waals surface area contributed by atoms with E-state index in [1.165, 1.54) is 21.2 Å². The van der Waals surface area contributed by atoms with Crippen molar-refractivity contribution in [2.24, 2.45) is 11.8 Å². The van der Waals surface area contributed by atoms with Crippen molar-refractivity contribution >= 4 is 15.9 Å². The maximum atomic E-state index is 5.73. The van der Waals surface area contributed by atoms with Gasteiger partial charge in [-0.2, -0.15) is 0 Å². The predicted molar refractivity (Wildman–Crippen MR) is 77.8 cm³/mol. The fourth-order valence-electron chi connectivity index (χ4n) is 2.42. The van der Waals surface area contributed by atoms with Crippen LogP contribution in [0.25, 0.3) is 0 Å². The Morgan fingerprint density at radius 1 is 1.18 bits per heavy atom. The lowest BCUT2D eigenvalue weighted by Gasteiger charge is -2.26. The zero-order valence-corrected chi connectivity index (χ0v) is 12.8. The van der Waals surface area contributed by atoms with Gasteiger partial charge in [-0.3, -0.25) is 11.3 Å². The normalized spacial score (nSPS) is 13.1. The summed E-state index contributed by atoms with van der Waals surface area (Å²) in [5.74, 6) is 6.32. The Labute approximate surface area is 113 Å². The van der Waals surface area contributed by atoms with Crippen molar-refractivity contribution in [3.63, 3.8) is 0 Å².